The molecule has 0 radical (unpaired) electrons. The fourth-order valence-electron chi connectivity index (χ4n) is 4.17. The molecule has 10 N–H and O–H groups in total. The third-order valence-electron chi connectivity index (χ3n) is 6.33. The van der Waals surface area contributed by atoms with E-state index in [4.69, 9.17) is 36.6 Å². The number of phosphoric acid groups is 1. The highest BCUT2D eigenvalue weighted by Crippen LogP contribution is 2.62. The highest BCUT2D eigenvalue weighted by molar-refractivity contribution is 8.08. The van der Waals surface area contributed by atoms with E-state index in [0.717, 1.165) is 17.1 Å². The van der Waals surface area contributed by atoms with Crippen molar-refractivity contribution < 1.29 is 72.2 Å². The molecule has 2 fully saturated rings. The van der Waals surface area contributed by atoms with E-state index < -0.39 is 88.7 Å². The summed E-state index contributed by atoms with van der Waals surface area (Å²) in [6, 6.07) is 0. The van der Waals surface area contributed by atoms with Crippen LogP contribution >= 0.6 is 14.5 Å². The molecule has 2 aromatic rings. The molecule has 4 rings (SSSR count). The van der Waals surface area contributed by atoms with Gasteiger partial charge in [0.15, 0.2) is 29.5 Å². The van der Waals surface area contributed by atoms with Crippen molar-refractivity contribution in [1.82, 2.24) is 25.0 Å². The summed E-state index contributed by atoms with van der Waals surface area (Å²) in [6.45, 7) is -3.30. The average Bonchev–Trinajstić information content (AvgIpc) is 3.46. The quantitative estimate of drug-likeness (QED) is 0.0830. The number of hydrogen-bond donors (Lipinski definition) is 9. The SMILES string of the molecule is C=C[C@@]1(F)[C@H](O)[C@@H](COP(O)(=S)OP(=O)(O)OC2OC([C@@H](O)CO)C(O)C(O)C2O)O[C@H]1n1nnc2c(N)ncnc21. The summed E-state index contributed by atoms with van der Waals surface area (Å²) in [5.41, 5.74) is 2.92. The Bertz CT molecular complexity index is 1400. The minimum atomic E-state index is -5.52. The van der Waals surface area contributed by atoms with Gasteiger partial charge in [-0.25, -0.2) is 23.2 Å². The second-order valence-electron chi connectivity index (χ2n) is 9.08. The van der Waals surface area contributed by atoms with Crippen LogP contribution in [-0.2, 0) is 39.2 Å². The summed E-state index contributed by atoms with van der Waals surface area (Å²) in [7, 11) is -5.52. The number of halogens is 1. The number of phosphoric ester groups is 1. The fourth-order valence-corrected chi connectivity index (χ4v) is 7.27. The molecule has 2 saturated heterocycles. The molecule has 7 unspecified atom stereocenters. The van der Waals surface area contributed by atoms with Crippen LogP contribution in [0.3, 0.4) is 0 Å². The third-order valence-corrected chi connectivity index (χ3v) is 9.85. The molecule has 0 bridgehead atoms. The minimum Gasteiger partial charge on any atom is -0.394 e. The molecule has 12 atom stereocenters. The number of rotatable bonds is 11. The second-order valence-corrected chi connectivity index (χ2v) is 13.5. The number of nitrogens with zero attached hydrogens (tertiary/aromatic N) is 5. The van der Waals surface area contributed by atoms with E-state index in [1.807, 2.05) is 0 Å². The number of aliphatic hydroxyl groups excluding tert-OH is 6. The van der Waals surface area contributed by atoms with Gasteiger partial charge < -0.3 is 60.2 Å². The van der Waals surface area contributed by atoms with Crippen LogP contribution in [0, 0.1) is 0 Å². The van der Waals surface area contributed by atoms with Crippen molar-refractivity contribution in [3.63, 3.8) is 0 Å². The maximum absolute atomic E-state index is 15.9. The molecule has 24 heteroatoms. The zero-order valence-electron chi connectivity index (χ0n) is 21.0. The summed E-state index contributed by atoms with van der Waals surface area (Å²) in [6.07, 6.45) is -15.6. The molecule has 0 aliphatic carbocycles. The lowest BCUT2D eigenvalue weighted by molar-refractivity contribution is -0.292. The van der Waals surface area contributed by atoms with Gasteiger partial charge in [-0.1, -0.05) is 11.8 Å². The molecule has 20 nitrogen and oxygen atoms in total. The fraction of sp³-hybridized carbons (Fsp3) is 0.667. The van der Waals surface area contributed by atoms with E-state index in [-0.39, 0.29) is 17.0 Å². The summed E-state index contributed by atoms with van der Waals surface area (Å²) >= 11 is 4.69. The van der Waals surface area contributed by atoms with Crippen LogP contribution < -0.4 is 5.73 Å². The molecule has 236 valence electrons. The number of aromatic nitrogens is 5. The van der Waals surface area contributed by atoms with Gasteiger partial charge in [0.1, 0.15) is 49.1 Å². The van der Waals surface area contributed by atoms with E-state index >= 15 is 4.39 Å². The first-order chi connectivity index (χ1) is 19.5. The van der Waals surface area contributed by atoms with Crippen molar-refractivity contribution in [2.75, 3.05) is 18.9 Å². The molecule has 0 amide bonds. The average molecular weight is 664 g/mol. The van der Waals surface area contributed by atoms with Gasteiger partial charge >= 0.3 is 14.5 Å². The highest BCUT2D eigenvalue weighted by Gasteiger charge is 2.58. The van der Waals surface area contributed by atoms with Gasteiger partial charge in [-0.3, -0.25) is 4.52 Å². The van der Waals surface area contributed by atoms with Crippen LogP contribution in [0.25, 0.3) is 11.2 Å². The van der Waals surface area contributed by atoms with E-state index in [9.17, 15) is 39.9 Å². The lowest BCUT2D eigenvalue weighted by Crippen LogP contribution is -2.61. The predicted octanol–water partition coefficient (Wildman–Crippen LogP) is -3.52. The Kier molecular flexibility index (Phi) is 9.78. The second kappa shape index (κ2) is 12.4. The number of ether oxygens (including phenoxy) is 2. The molecule has 0 saturated carbocycles. The largest absolute Gasteiger partial charge is 0.481 e. The van der Waals surface area contributed by atoms with Gasteiger partial charge in [-0.05, 0) is 17.9 Å². The molecule has 2 aromatic heterocycles. The van der Waals surface area contributed by atoms with Crippen molar-refractivity contribution in [2.45, 2.75) is 60.9 Å². The first-order valence-electron chi connectivity index (χ1n) is 11.7. The van der Waals surface area contributed by atoms with Gasteiger partial charge in [-0.2, -0.15) is 4.68 Å². The lowest BCUT2D eigenvalue weighted by atomic mass is 9.96. The van der Waals surface area contributed by atoms with E-state index in [1.54, 1.807) is 0 Å². The van der Waals surface area contributed by atoms with Gasteiger partial charge in [0.25, 0.3) is 0 Å². The zero-order chi connectivity index (χ0) is 31.2. The Morgan fingerprint density at radius 3 is 2.57 bits per heavy atom. The van der Waals surface area contributed by atoms with Crippen molar-refractivity contribution in [2.24, 2.45) is 0 Å². The van der Waals surface area contributed by atoms with Crippen molar-refractivity contribution in [3.05, 3.63) is 19.0 Å². The molecule has 4 heterocycles. The highest BCUT2D eigenvalue weighted by atomic mass is 32.5. The number of fused-ring (bicyclic) bond motifs is 1. The first kappa shape index (κ1) is 33.2. The summed E-state index contributed by atoms with van der Waals surface area (Å²) in [4.78, 5) is 28.1. The lowest BCUT2D eigenvalue weighted by Gasteiger charge is -2.41. The summed E-state index contributed by atoms with van der Waals surface area (Å²) in [5, 5.41) is 66.9. The first-order valence-corrected chi connectivity index (χ1v) is 15.8. The maximum atomic E-state index is 15.9. The van der Waals surface area contributed by atoms with Crippen LogP contribution in [0.5, 0.6) is 0 Å². The van der Waals surface area contributed by atoms with Gasteiger partial charge in [-0.15, -0.1) is 5.10 Å². The Balaban J connectivity index is 1.44. The monoisotopic (exact) mass is 664 g/mol. The number of hydrogen-bond acceptors (Lipinski definition) is 18. The van der Waals surface area contributed by atoms with Crippen LogP contribution in [-0.4, -0.2) is 133 Å². The zero-order valence-corrected chi connectivity index (χ0v) is 23.6. The standard InChI is InChI=1S/C18H27FN6O14P2S/c1-2-18(19)13(31)7(36-17(18)25-15-8(23-24-25)14(20)21-5-22-15)4-35-41(34,42)39-40(32,33)38-16-11(30)9(28)10(29)12(37-16)6(27)3-26/h2,5-7,9-13,16-17,26-31H,1,3-4H2,(H,32,33)(H,34,42)(H2,20,21,22)/t6-,7+,9?,10?,11?,12?,13+,16?,17+,18+,41?/m0/s1. The maximum Gasteiger partial charge on any atom is 0.481 e. The molecular formula is C18H27FN6O14P2S. The molecule has 42 heavy (non-hydrogen) atoms. The Hall–Kier alpha value is -1.69. The molecule has 2 aliphatic rings. The Morgan fingerprint density at radius 1 is 1.24 bits per heavy atom. The van der Waals surface area contributed by atoms with Gasteiger partial charge in [0, 0.05) is 0 Å². The van der Waals surface area contributed by atoms with Crippen molar-refractivity contribution in [3.8, 4) is 0 Å². The molecule has 2 aliphatic heterocycles. The smallest absolute Gasteiger partial charge is 0.394 e. The Labute approximate surface area is 239 Å². The summed E-state index contributed by atoms with van der Waals surface area (Å²) < 4.78 is 53.8. The van der Waals surface area contributed by atoms with Gasteiger partial charge in [0.05, 0.1) is 13.2 Å². The van der Waals surface area contributed by atoms with E-state index in [1.165, 1.54) is 0 Å². The van der Waals surface area contributed by atoms with Crippen LogP contribution in [0.2, 0.25) is 0 Å². The van der Waals surface area contributed by atoms with Crippen LogP contribution in [0.15, 0.2) is 19.0 Å². The molecular weight excluding hydrogens is 637 g/mol. The number of nitrogens with two attached hydrogens (primary N) is 1. The minimum absolute atomic E-state index is 0.00550. The third kappa shape index (κ3) is 6.40. The normalized spacial score (nSPS) is 37.3. The van der Waals surface area contributed by atoms with Crippen LogP contribution in [0.1, 0.15) is 6.23 Å². The number of anilines is 1. The number of nitrogen functional groups attached to an aromatic ring is 1. The molecule has 0 spiro atoms. The number of aliphatic hydroxyl groups is 6. The van der Waals surface area contributed by atoms with Crippen molar-refractivity contribution >= 4 is 43.3 Å². The van der Waals surface area contributed by atoms with Crippen LogP contribution in [0.4, 0.5) is 10.2 Å². The predicted molar refractivity (Wildman–Crippen MR) is 136 cm³/mol. The van der Waals surface area contributed by atoms with Crippen molar-refractivity contribution in [1.29, 1.82) is 0 Å². The number of alkyl halides is 1. The van der Waals surface area contributed by atoms with E-state index in [0.29, 0.717) is 0 Å². The van der Waals surface area contributed by atoms with Gasteiger partial charge in [0.2, 0.25) is 5.67 Å². The summed E-state index contributed by atoms with van der Waals surface area (Å²) in [5.74, 6) is -0.0709. The topological polar surface area (TPSA) is 308 Å². The molecule has 0 aromatic carbocycles. The van der Waals surface area contributed by atoms with E-state index in [2.05, 4.69) is 35.7 Å². The Morgan fingerprint density at radius 2 is 1.93 bits per heavy atom.